The summed E-state index contributed by atoms with van der Waals surface area (Å²) in [5.41, 5.74) is 0. The number of likely N-dealkylation sites (N-methyl/N-ethyl adjacent to an activating group) is 3. The molecule has 4 heteroatoms. The Labute approximate surface area is 170 Å². The second-order valence-corrected chi connectivity index (χ2v) is 5.66. The standard InChI is InChI=1S/3C5H11N.C5H5.Hf/c3*1-4-5-6(2)3;1-2-4-5-3-1;/h3*4H,1,5H2,2-3H3;1-3H,4H2;/q;;;-1;. The van der Waals surface area contributed by atoms with Gasteiger partial charge in [0.1, 0.15) is 0 Å². The summed E-state index contributed by atoms with van der Waals surface area (Å²) in [4.78, 5) is 6.19. The second-order valence-electron chi connectivity index (χ2n) is 5.66. The molecule has 0 unspecified atom stereocenters. The maximum absolute atomic E-state index is 3.56. The van der Waals surface area contributed by atoms with E-state index in [4.69, 9.17) is 0 Å². The zero-order valence-corrected chi connectivity index (χ0v) is 20.3. The molecule has 1 rings (SSSR count). The molecular weight excluding hydrogens is 461 g/mol. The van der Waals surface area contributed by atoms with Gasteiger partial charge in [0, 0.05) is 45.5 Å². The third kappa shape index (κ3) is 49.6. The second kappa shape index (κ2) is 27.3. The molecule has 0 bridgehead atoms. The molecule has 0 saturated carbocycles. The van der Waals surface area contributed by atoms with Crippen molar-refractivity contribution >= 4 is 0 Å². The third-order valence-corrected chi connectivity index (χ3v) is 2.07. The van der Waals surface area contributed by atoms with Crippen molar-refractivity contribution in [1.82, 2.24) is 14.7 Å². The zero-order chi connectivity index (χ0) is 18.5. The van der Waals surface area contributed by atoms with Crippen molar-refractivity contribution in [3.05, 3.63) is 62.3 Å². The number of allylic oxidation sites excluding steroid dienone is 4. The van der Waals surface area contributed by atoms with Gasteiger partial charge in [-0.05, 0) is 42.3 Å². The Morgan fingerprint density at radius 1 is 0.792 bits per heavy atom. The minimum Gasteiger partial charge on any atom is -0.306 e. The van der Waals surface area contributed by atoms with Crippen molar-refractivity contribution in [2.75, 3.05) is 61.9 Å². The van der Waals surface area contributed by atoms with Crippen LogP contribution in [0.4, 0.5) is 0 Å². The Bertz CT molecular complexity index is 276. The molecule has 1 aliphatic rings. The van der Waals surface area contributed by atoms with Crippen LogP contribution in [0.5, 0.6) is 0 Å². The molecule has 0 aromatic carbocycles. The number of rotatable bonds is 6. The Morgan fingerprint density at radius 2 is 1.12 bits per heavy atom. The van der Waals surface area contributed by atoms with Crippen LogP contribution in [0.3, 0.4) is 0 Å². The molecule has 24 heavy (non-hydrogen) atoms. The molecular formula is C20H38HfN3-. The first-order valence-corrected chi connectivity index (χ1v) is 7.80. The first-order chi connectivity index (χ1) is 10.8. The van der Waals surface area contributed by atoms with Crippen LogP contribution >= 0.6 is 0 Å². The Balaban J connectivity index is -0.000000110. The fourth-order valence-electron chi connectivity index (χ4n) is 1.11. The Kier molecular flexibility index (Phi) is 35.5. The predicted octanol–water partition coefficient (Wildman–Crippen LogP) is 3.51. The quantitative estimate of drug-likeness (QED) is 0.315. The van der Waals surface area contributed by atoms with Crippen molar-refractivity contribution in [3.63, 3.8) is 0 Å². The Hall–Kier alpha value is -0.550. The molecule has 0 spiro atoms. The summed E-state index contributed by atoms with van der Waals surface area (Å²) in [5.74, 6) is 0. The van der Waals surface area contributed by atoms with Gasteiger partial charge in [0.15, 0.2) is 0 Å². The third-order valence-electron chi connectivity index (χ3n) is 2.07. The van der Waals surface area contributed by atoms with E-state index in [1.807, 2.05) is 72.7 Å². The van der Waals surface area contributed by atoms with Crippen LogP contribution < -0.4 is 0 Å². The van der Waals surface area contributed by atoms with Crippen molar-refractivity contribution in [1.29, 1.82) is 0 Å². The molecule has 138 valence electrons. The van der Waals surface area contributed by atoms with Gasteiger partial charge in [0.05, 0.1) is 0 Å². The predicted molar refractivity (Wildman–Crippen MR) is 108 cm³/mol. The van der Waals surface area contributed by atoms with E-state index in [0.717, 1.165) is 26.1 Å². The summed E-state index contributed by atoms with van der Waals surface area (Å²) in [5, 5.41) is 0. The topological polar surface area (TPSA) is 9.72 Å². The van der Waals surface area contributed by atoms with Gasteiger partial charge in [-0.1, -0.05) is 18.2 Å². The molecule has 0 amide bonds. The summed E-state index contributed by atoms with van der Waals surface area (Å²) < 4.78 is 0. The maximum Gasteiger partial charge on any atom is 0.0154 e. The summed E-state index contributed by atoms with van der Waals surface area (Å²) >= 11 is 0. The van der Waals surface area contributed by atoms with Crippen LogP contribution in [-0.2, 0) is 25.8 Å². The maximum atomic E-state index is 3.56. The monoisotopic (exact) mass is 500 g/mol. The Morgan fingerprint density at radius 3 is 1.17 bits per heavy atom. The minimum absolute atomic E-state index is 0. The van der Waals surface area contributed by atoms with E-state index in [-0.39, 0.29) is 25.8 Å². The van der Waals surface area contributed by atoms with Crippen LogP contribution in [0.2, 0.25) is 0 Å². The van der Waals surface area contributed by atoms with Gasteiger partial charge >= 0.3 is 0 Å². The zero-order valence-electron chi connectivity index (χ0n) is 16.8. The molecule has 0 heterocycles. The van der Waals surface area contributed by atoms with Gasteiger partial charge in [-0.3, -0.25) is 6.08 Å². The number of hydrogen-bond acceptors (Lipinski definition) is 3. The average molecular weight is 499 g/mol. The minimum atomic E-state index is 0. The van der Waals surface area contributed by atoms with Gasteiger partial charge in [0.25, 0.3) is 0 Å². The smallest absolute Gasteiger partial charge is 0.0154 e. The van der Waals surface area contributed by atoms with Crippen LogP contribution in [0.25, 0.3) is 0 Å². The van der Waals surface area contributed by atoms with Crippen LogP contribution in [-0.4, -0.2) is 76.6 Å². The molecule has 3 nitrogen and oxygen atoms in total. The fourth-order valence-corrected chi connectivity index (χ4v) is 1.11. The number of hydrogen-bond donors (Lipinski definition) is 0. The molecule has 0 radical (unpaired) electrons. The molecule has 0 atom stereocenters. The van der Waals surface area contributed by atoms with Crippen molar-refractivity contribution < 1.29 is 25.8 Å². The van der Waals surface area contributed by atoms with Crippen molar-refractivity contribution in [2.24, 2.45) is 0 Å². The van der Waals surface area contributed by atoms with Gasteiger partial charge < -0.3 is 14.7 Å². The fraction of sp³-hybridized carbons (Fsp3) is 0.500. The van der Waals surface area contributed by atoms with Gasteiger partial charge in [-0.2, -0.15) is 6.08 Å². The average Bonchev–Trinajstić information content (AvgIpc) is 2.98. The SMILES string of the molecule is C=CCN(C)C.C=CCN(C)C.C=CCN(C)C.[C-]1=CC=CC1.[Hf]. The molecule has 1 aliphatic carbocycles. The first-order valence-electron chi connectivity index (χ1n) is 7.80. The molecule has 0 saturated heterocycles. The first kappa shape index (κ1) is 31.2. The summed E-state index contributed by atoms with van der Waals surface area (Å²) in [6.45, 7) is 13.6. The van der Waals surface area contributed by atoms with E-state index in [0.29, 0.717) is 0 Å². The molecule has 0 aromatic heterocycles. The molecule has 0 aromatic rings. The molecule has 0 fully saturated rings. The van der Waals surface area contributed by atoms with E-state index in [9.17, 15) is 0 Å². The van der Waals surface area contributed by atoms with Crippen LogP contribution in [0.1, 0.15) is 6.42 Å². The largest absolute Gasteiger partial charge is 0.306 e. The van der Waals surface area contributed by atoms with E-state index in [1.165, 1.54) is 0 Å². The normalized spacial score (nSPS) is 10.5. The summed E-state index contributed by atoms with van der Waals surface area (Å²) in [6, 6.07) is 0. The van der Waals surface area contributed by atoms with Crippen molar-refractivity contribution in [3.8, 4) is 0 Å². The summed E-state index contributed by atoms with van der Waals surface area (Å²) in [6.07, 6.45) is 15.6. The van der Waals surface area contributed by atoms with E-state index in [2.05, 4.69) is 46.6 Å². The number of nitrogens with zero attached hydrogens (tertiary/aromatic N) is 3. The molecule has 0 aliphatic heterocycles. The molecule has 0 N–H and O–H groups in total. The van der Waals surface area contributed by atoms with Crippen molar-refractivity contribution in [2.45, 2.75) is 6.42 Å². The van der Waals surface area contributed by atoms with Crippen LogP contribution in [0, 0.1) is 6.08 Å². The van der Waals surface area contributed by atoms with Gasteiger partial charge in [-0.25, -0.2) is 12.2 Å². The van der Waals surface area contributed by atoms with E-state index >= 15 is 0 Å². The van der Waals surface area contributed by atoms with Gasteiger partial charge in [0.2, 0.25) is 0 Å². The van der Waals surface area contributed by atoms with E-state index < -0.39 is 0 Å². The van der Waals surface area contributed by atoms with Gasteiger partial charge in [-0.15, -0.1) is 26.2 Å². The summed E-state index contributed by atoms with van der Waals surface area (Å²) in [7, 11) is 12.1. The van der Waals surface area contributed by atoms with E-state index in [1.54, 1.807) is 0 Å². The van der Waals surface area contributed by atoms with Crippen LogP contribution in [0.15, 0.2) is 56.2 Å².